The fourth-order valence-electron chi connectivity index (χ4n) is 5.18. The van der Waals surface area contributed by atoms with Gasteiger partial charge >= 0.3 is 0 Å². The monoisotopic (exact) mass is 635 g/mol. The third-order valence-corrected chi connectivity index (χ3v) is 7.80. The molecular formula is C35H31F2N7O3. The second-order valence-corrected chi connectivity index (χ2v) is 11.0. The molecule has 12 heteroatoms. The highest BCUT2D eigenvalue weighted by molar-refractivity contribution is 6.04. The molecule has 0 aliphatic carbocycles. The molecule has 0 unspecified atom stereocenters. The molecule has 0 radical (unpaired) electrons. The molecule has 0 atom stereocenters. The van der Waals surface area contributed by atoms with Gasteiger partial charge in [0, 0.05) is 79.6 Å². The number of allylic oxidation sites excluding steroid dienone is 3. The summed E-state index contributed by atoms with van der Waals surface area (Å²) in [6, 6.07) is 16.0. The van der Waals surface area contributed by atoms with Crippen molar-refractivity contribution in [3.8, 4) is 11.4 Å². The second-order valence-electron chi connectivity index (χ2n) is 11.0. The molecule has 2 aliphatic rings. The molecule has 0 saturated carbocycles. The van der Waals surface area contributed by atoms with E-state index in [1.54, 1.807) is 18.5 Å². The van der Waals surface area contributed by atoms with Gasteiger partial charge in [-0.1, -0.05) is 0 Å². The van der Waals surface area contributed by atoms with Gasteiger partial charge in [0.05, 0.1) is 5.70 Å². The number of aromatic nitrogens is 2. The first kappa shape index (κ1) is 31.1. The maximum Gasteiger partial charge on any atom is 0.267 e. The number of dihydropyridines is 1. The van der Waals surface area contributed by atoms with Crippen molar-refractivity contribution in [2.45, 2.75) is 0 Å². The number of anilines is 2. The zero-order valence-electron chi connectivity index (χ0n) is 25.4. The normalized spacial score (nSPS) is 15.8. The van der Waals surface area contributed by atoms with E-state index >= 15 is 4.39 Å². The number of hydrogen-bond donors (Lipinski definition) is 3. The molecule has 6 rings (SSSR count). The molecule has 1 saturated heterocycles. The summed E-state index contributed by atoms with van der Waals surface area (Å²) in [5.74, 6) is -0.897. The van der Waals surface area contributed by atoms with E-state index in [-0.39, 0.29) is 22.8 Å². The lowest BCUT2D eigenvalue weighted by molar-refractivity contribution is 0.102. The molecule has 238 valence electrons. The lowest BCUT2D eigenvalue weighted by Crippen LogP contribution is -2.44. The van der Waals surface area contributed by atoms with E-state index in [1.165, 1.54) is 65.4 Å². The van der Waals surface area contributed by atoms with Crippen LogP contribution in [0.25, 0.3) is 11.3 Å². The van der Waals surface area contributed by atoms with Crippen molar-refractivity contribution in [3.05, 3.63) is 142 Å². The van der Waals surface area contributed by atoms with Gasteiger partial charge in [0.25, 0.3) is 11.5 Å². The first-order chi connectivity index (χ1) is 22.8. The van der Waals surface area contributed by atoms with Gasteiger partial charge in [-0.25, -0.2) is 13.8 Å². The summed E-state index contributed by atoms with van der Waals surface area (Å²) in [6.07, 6.45) is 9.31. The molecule has 0 bridgehead atoms. The van der Waals surface area contributed by atoms with Crippen LogP contribution < -0.4 is 25.8 Å². The number of benzene rings is 2. The Hall–Kier alpha value is -5.88. The Bertz CT molecular complexity index is 1960. The number of amides is 1. The number of rotatable bonds is 8. The number of piperazine rings is 1. The van der Waals surface area contributed by atoms with Crippen LogP contribution in [0.15, 0.2) is 114 Å². The molecule has 1 fully saturated rings. The third-order valence-electron chi connectivity index (χ3n) is 7.80. The topological polar surface area (TPSA) is 116 Å². The average Bonchev–Trinajstić information content (AvgIpc) is 3.08. The van der Waals surface area contributed by atoms with Crippen molar-refractivity contribution < 1.29 is 18.3 Å². The smallest absolute Gasteiger partial charge is 0.267 e. The van der Waals surface area contributed by atoms with Gasteiger partial charge in [0.2, 0.25) is 0 Å². The number of nitrogens with zero attached hydrogens (tertiary/aromatic N) is 4. The largest absolute Gasteiger partial charge is 0.452 e. The van der Waals surface area contributed by atoms with Gasteiger partial charge in [0.15, 0.2) is 17.3 Å². The van der Waals surface area contributed by atoms with E-state index in [0.29, 0.717) is 11.4 Å². The number of carbonyl (C=O) groups excluding carboxylic acids is 1. The molecule has 1 amide bonds. The minimum atomic E-state index is -0.760. The maximum atomic E-state index is 15.3. The molecule has 2 aliphatic heterocycles. The number of likely N-dealkylation sites (N-methyl/N-ethyl adjacent to an activating group) is 1. The van der Waals surface area contributed by atoms with Gasteiger partial charge in [-0.15, -0.1) is 0 Å². The minimum Gasteiger partial charge on any atom is -0.452 e. The summed E-state index contributed by atoms with van der Waals surface area (Å²) < 4.78 is 35.8. The highest BCUT2D eigenvalue weighted by Crippen LogP contribution is 2.29. The number of pyridine rings is 2. The number of carbonyl (C=O) groups is 1. The fraction of sp³-hybridized carbons (Fsp3) is 0.143. The number of halogens is 2. The number of nitrogens with one attached hydrogen (secondary N) is 3. The van der Waals surface area contributed by atoms with Crippen LogP contribution in [-0.4, -0.2) is 59.8 Å². The first-order valence-corrected chi connectivity index (χ1v) is 14.8. The number of ether oxygens (including phenoxy) is 1. The zero-order valence-corrected chi connectivity index (χ0v) is 25.4. The van der Waals surface area contributed by atoms with E-state index in [2.05, 4.69) is 32.5 Å². The Balaban J connectivity index is 1.17. The van der Waals surface area contributed by atoms with Crippen molar-refractivity contribution >= 4 is 29.2 Å². The first-order valence-electron chi connectivity index (χ1n) is 14.8. The summed E-state index contributed by atoms with van der Waals surface area (Å²) in [5.41, 5.74) is 1.72. The molecule has 47 heavy (non-hydrogen) atoms. The molecule has 3 N–H and O–H groups in total. The second kappa shape index (κ2) is 13.6. The average molecular weight is 636 g/mol. The van der Waals surface area contributed by atoms with E-state index < -0.39 is 23.1 Å². The summed E-state index contributed by atoms with van der Waals surface area (Å²) in [6.45, 7) is 3.75. The van der Waals surface area contributed by atoms with Gasteiger partial charge < -0.3 is 30.6 Å². The Kier molecular flexibility index (Phi) is 9.02. The molecular weight excluding hydrogens is 604 g/mol. The standard InChI is InChI=1S/C35H31F2N7O3/c1-42-15-17-43(18-16-42)33-11-4-23(21-40-33)24-19-32(30(12-13-38)39-22-24)47-31-10-7-26(20-29(31)37)41-34(45)28-3-2-14-44(35(28)46)27-8-5-25(36)6-9-27/h2-14,19-22,38-39H,15-18H2,1H3,(H,41,45)/b30-12-,38-13?. The van der Waals surface area contributed by atoms with Crippen molar-refractivity contribution in [2.24, 2.45) is 0 Å². The third kappa shape index (κ3) is 7.02. The van der Waals surface area contributed by atoms with Crippen LogP contribution in [0.5, 0.6) is 5.75 Å². The molecule has 10 nitrogen and oxygen atoms in total. The zero-order chi connectivity index (χ0) is 32.9. The van der Waals surface area contributed by atoms with Crippen LogP contribution in [-0.2, 0) is 0 Å². The van der Waals surface area contributed by atoms with Crippen LogP contribution in [0.3, 0.4) is 0 Å². The molecule has 2 aromatic heterocycles. The van der Waals surface area contributed by atoms with Crippen LogP contribution in [0.1, 0.15) is 15.9 Å². The quantitative estimate of drug-likeness (QED) is 0.235. The Morgan fingerprint density at radius 3 is 2.53 bits per heavy atom. The van der Waals surface area contributed by atoms with E-state index in [1.807, 2.05) is 12.1 Å². The molecule has 4 heterocycles. The molecule has 2 aromatic carbocycles. The lowest BCUT2D eigenvalue weighted by atomic mass is 10.0. The van der Waals surface area contributed by atoms with E-state index in [9.17, 15) is 14.0 Å². The fourth-order valence-corrected chi connectivity index (χ4v) is 5.18. The Labute approximate surface area is 269 Å². The van der Waals surface area contributed by atoms with Crippen LogP contribution in [0, 0.1) is 17.0 Å². The Morgan fingerprint density at radius 1 is 1.04 bits per heavy atom. The molecule has 4 aromatic rings. The van der Waals surface area contributed by atoms with E-state index in [0.717, 1.165) is 55.4 Å². The molecule has 0 spiro atoms. The highest BCUT2D eigenvalue weighted by atomic mass is 19.1. The van der Waals surface area contributed by atoms with Crippen LogP contribution in [0.2, 0.25) is 0 Å². The van der Waals surface area contributed by atoms with Crippen LogP contribution in [0.4, 0.5) is 20.3 Å². The van der Waals surface area contributed by atoms with Gasteiger partial charge in [0.1, 0.15) is 17.2 Å². The SMILES string of the molecule is CN1CCN(c2ccc(C3=CN/C(=C\C=N)C(Oc4ccc(NC(=O)c5cccn(-c6ccc(F)cc6)c5=O)cc4F)=C3)cn2)CC1. The summed E-state index contributed by atoms with van der Waals surface area (Å²) in [7, 11) is 2.10. The summed E-state index contributed by atoms with van der Waals surface area (Å²) in [5, 5.41) is 13.2. The van der Waals surface area contributed by atoms with Crippen LogP contribution >= 0.6 is 0 Å². The van der Waals surface area contributed by atoms with E-state index in [4.69, 9.17) is 10.1 Å². The van der Waals surface area contributed by atoms with Gasteiger partial charge in [-0.3, -0.25) is 14.2 Å². The van der Waals surface area contributed by atoms with Gasteiger partial charge in [-0.2, -0.15) is 0 Å². The number of hydrogen-bond acceptors (Lipinski definition) is 8. The highest BCUT2D eigenvalue weighted by Gasteiger charge is 2.19. The predicted molar refractivity (Wildman–Crippen MR) is 177 cm³/mol. The lowest BCUT2D eigenvalue weighted by Gasteiger charge is -2.33. The minimum absolute atomic E-state index is 0.106. The van der Waals surface area contributed by atoms with Crippen molar-refractivity contribution in [2.75, 3.05) is 43.4 Å². The van der Waals surface area contributed by atoms with Crippen molar-refractivity contribution in [3.63, 3.8) is 0 Å². The Morgan fingerprint density at radius 2 is 1.83 bits per heavy atom. The summed E-state index contributed by atoms with van der Waals surface area (Å²) in [4.78, 5) is 35.2. The predicted octanol–water partition coefficient (Wildman–Crippen LogP) is 4.96. The van der Waals surface area contributed by atoms with Crippen molar-refractivity contribution in [1.82, 2.24) is 19.8 Å². The van der Waals surface area contributed by atoms with Crippen molar-refractivity contribution in [1.29, 1.82) is 5.41 Å². The summed E-state index contributed by atoms with van der Waals surface area (Å²) >= 11 is 0. The van der Waals surface area contributed by atoms with Gasteiger partial charge in [-0.05, 0) is 79.9 Å². The maximum absolute atomic E-state index is 15.3.